The van der Waals surface area contributed by atoms with E-state index in [0.717, 1.165) is 29.4 Å². The van der Waals surface area contributed by atoms with Crippen LogP contribution in [0.5, 0.6) is 0 Å². The fourth-order valence-corrected chi connectivity index (χ4v) is 2.27. The molecule has 1 aliphatic rings. The SMILES string of the molecule is O=C(/C=C/c1ccc(Br)cc1)N1CCC[C@H](O)C1. The molecule has 18 heavy (non-hydrogen) atoms. The Bertz CT molecular complexity index is 442. The van der Waals surface area contributed by atoms with Crippen molar-refractivity contribution in [3.63, 3.8) is 0 Å². The summed E-state index contributed by atoms with van der Waals surface area (Å²) < 4.78 is 1.02. The van der Waals surface area contributed by atoms with Gasteiger partial charge in [0.25, 0.3) is 0 Å². The van der Waals surface area contributed by atoms with Crippen molar-refractivity contribution in [3.05, 3.63) is 40.4 Å². The molecule has 0 unspecified atom stereocenters. The van der Waals surface area contributed by atoms with Gasteiger partial charge < -0.3 is 10.0 Å². The standard InChI is InChI=1S/C14H16BrNO2/c15-12-6-3-11(4-7-12)5-8-14(18)16-9-1-2-13(17)10-16/h3-8,13,17H,1-2,9-10H2/b8-5+/t13-/m0/s1. The molecule has 0 saturated carbocycles. The lowest BCUT2D eigenvalue weighted by Crippen LogP contribution is -2.41. The van der Waals surface area contributed by atoms with Gasteiger partial charge >= 0.3 is 0 Å². The Balaban J connectivity index is 1.96. The van der Waals surface area contributed by atoms with Crippen molar-refractivity contribution in [2.45, 2.75) is 18.9 Å². The van der Waals surface area contributed by atoms with Crippen molar-refractivity contribution in [3.8, 4) is 0 Å². The number of likely N-dealkylation sites (tertiary alicyclic amines) is 1. The zero-order chi connectivity index (χ0) is 13.0. The fourth-order valence-electron chi connectivity index (χ4n) is 2.00. The molecule has 1 heterocycles. The van der Waals surface area contributed by atoms with Crippen LogP contribution >= 0.6 is 15.9 Å². The van der Waals surface area contributed by atoms with Gasteiger partial charge in [-0.05, 0) is 36.6 Å². The number of benzene rings is 1. The number of halogens is 1. The van der Waals surface area contributed by atoms with Crippen molar-refractivity contribution in [1.29, 1.82) is 0 Å². The Kier molecular flexibility index (Phi) is 4.55. The van der Waals surface area contributed by atoms with E-state index in [9.17, 15) is 9.90 Å². The summed E-state index contributed by atoms with van der Waals surface area (Å²) in [5, 5.41) is 9.52. The number of rotatable bonds is 2. The second-order valence-corrected chi connectivity index (χ2v) is 5.38. The van der Waals surface area contributed by atoms with Gasteiger partial charge in [0.05, 0.1) is 6.10 Å². The Hall–Kier alpha value is -1.13. The van der Waals surface area contributed by atoms with Gasteiger partial charge in [-0.15, -0.1) is 0 Å². The minimum absolute atomic E-state index is 0.0309. The molecule has 0 radical (unpaired) electrons. The molecule has 0 aromatic heterocycles. The number of hydrogen-bond acceptors (Lipinski definition) is 2. The number of β-amino-alcohol motifs (C(OH)–C–C–N with tert-alkyl or cyclic N) is 1. The van der Waals surface area contributed by atoms with E-state index in [2.05, 4.69) is 15.9 Å². The average Bonchev–Trinajstić information content (AvgIpc) is 2.38. The number of nitrogens with zero attached hydrogens (tertiary/aromatic N) is 1. The van der Waals surface area contributed by atoms with Crippen molar-refractivity contribution >= 4 is 27.9 Å². The molecule has 3 nitrogen and oxygen atoms in total. The number of aliphatic hydroxyl groups excluding tert-OH is 1. The molecule has 0 aliphatic carbocycles. The number of hydrogen-bond donors (Lipinski definition) is 1. The van der Waals surface area contributed by atoms with Crippen molar-refractivity contribution in [2.75, 3.05) is 13.1 Å². The van der Waals surface area contributed by atoms with E-state index in [1.807, 2.05) is 24.3 Å². The molecule has 4 heteroatoms. The number of carbonyl (C=O) groups is 1. The fraction of sp³-hybridized carbons (Fsp3) is 0.357. The maximum Gasteiger partial charge on any atom is 0.246 e. The summed E-state index contributed by atoms with van der Waals surface area (Å²) in [7, 11) is 0. The molecule has 1 atom stereocenters. The lowest BCUT2D eigenvalue weighted by molar-refractivity contribution is -0.128. The molecule has 96 valence electrons. The lowest BCUT2D eigenvalue weighted by Gasteiger charge is -2.29. The monoisotopic (exact) mass is 309 g/mol. The van der Waals surface area contributed by atoms with Crippen LogP contribution in [0.4, 0.5) is 0 Å². The molecule has 2 rings (SSSR count). The third kappa shape index (κ3) is 3.68. The molecule has 1 N–H and O–H groups in total. The van der Waals surface area contributed by atoms with Gasteiger partial charge in [0.1, 0.15) is 0 Å². The van der Waals surface area contributed by atoms with Crippen LogP contribution < -0.4 is 0 Å². The molecule has 1 aromatic rings. The van der Waals surface area contributed by atoms with E-state index in [1.54, 1.807) is 17.1 Å². The third-order valence-corrected chi connectivity index (χ3v) is 3.53. The first kappa shape index (κ1) is 13.3. The molecular formula is C14H16BrNO2. The normalized spacial score (nSPS) is 20.3. The summed E-state index contributed by atoms with van der Waals surface area (Å²) in [4.78, 5) is 13.6. The maximum absolute atomic E-state index is 11.9. The summed E-state index contributed by atoms with van der Waals surface area (Å²) >= 11 is 3.37. The van der Waals surface area contributed by atoms with E-state index in [1.165, 1.54) is 0 Å². The first-order valence-corrected chi connectivity index (χ1v) is 6.85. The van der Waals surface area contributed by atoms with Crippen molar-refractivity contribution < 1.29 is 9.90 Å². The highest BCUT2D eigenvalue weighted by Crippen LogP contribution is 2.13. The first-order valence-electron chi connectivity index (χ1n) is 6.06. The minimum atomic E-state index is -0.371. The molecule has 0 spiro atoms. The van der Waals surface area contributed by atoms with Crippen LogP contribution in [-0.2, 0) is 4.79 Å². The second kappa shape index (κ2) is 6.16. The van der Waals surface area contributed by atoms with Gasteiger partial charge in [0, 0.05) is 23.6 Å². The van der Waals surface area contributed by atoms with Crippen LogP contribution in [0.1, 0.15) is 18.4 Å². The summed E-state index contributed by atoms with van der Waals surface area (Å²) in [5.74, 6) is -0.0309. The molecule has 1 aromatic carbocycles. The van der Waals surface area contributed by atoms with Crippen molar-refractivity contribution in [1.82, 2.24) is 4.90 Å². The van der Waals surface area contributed by atoms with Gasteiger partial charge in [-0.1, -0.05) is 28.1 Å². The van der Waals surface area contributed by atoms with E-state index < -0.39 is 0 Å². The van der Waals surface area contributed by atoms with E-state index >= 15 is 0 Å². The van der Waals surface area contributed by atoms with Crippen molar-refractivity contribution in [2.24, 2.45) is 0 Å². The van der Waals surface area contributed by atoms with Crippen LogP contribution in [0.3, 0.4) is 0 Å². The van der Waals surface area contributed by atoms with Gasteiger partial charge in [0.2, 0.25) is 5.91 Å². The van der Waals surface area contributed by atoms with E-state index in [4.69, 9.17) is 0 Å². The van der Waals surface area contributed by atoms with Gasteiger partial charge in [-0.2, -0.15) is 0 Å². The smallest absolute Gasteiger partial charge is 0.246 e. The highest BCUT2D eigenvalue weighted by Gasteiger charge is 2.20. The molecule has 1 amide bonds. The zero-order valence-corrected chi connectivity index (χ0v) is 11.6. The average molecular weight is 310 g/mol. The summed E-state index contributed by atoms with van der Waals surface area (Å²) in [6.07, 6.45) is 4.67. The van der Waals surface area contributed by atoms with Gasteiger partial charge in [0.15, 0.2) is 0 Å². The maximum atomic E-state index is 11.9. The second-order valence-electron chi connectivity index (χ2n) is 4.47. The molecule has 1 aliphatic heterocycles. The molecule has 0 bridgehead atoms. The van der Waals surface area contributed by atoms with Crippen LogP contribution in [0.2, 0.25) is 0 Å². The van der Waals surface area contributed by atoms with E-state index in [-0.39, 0.29) is 12.0 Å². The minimum Gasteiger partial charge on any atom is -0.391 e. The van der Waals surface area contributed by atoms with Crippen LogP contribution in [0.15, 0.2) is 34.8 Å². The topological polar surface area (TPSA) is 40.5 Å². The number of carbonyl (C=O) groups excluding carboxylic acids is 1. The zero-order valence-electron chi connectivity index (χ0n) is 10.1. The molecule has 1 saturated heterocycles. The quantitative estimate of drug-likeness (QED) is 0.853. The largest absolute Gasteiger partial charge is 0.391 e. The predicted molar refractivity (Wildman–Crippen MR) is 75.0 cm³/mol. The number of amides is 1. The Labute approximate surface area is 115 Å². The lowest BCUT2D eigenvalue weighted by atomic mass is 10.1. The Morgan fingerprint density at radius 3 is 2.78 bits per heavy atom. The first-order chi connectivity index (χ1) is 8.65. The van der Waals surface area contributed by atoms with Crippen LogP contribution in [0.25, 0.3) is 6.08 Å². The predicted octanol–water partition coefficient (Wildman–Crippen LogP) is 2.45. The summed E-state index contributed by atoms with van der Waals surface area (Å²) in [6.45, 7) is 1.18. The molecular weight excluding hydrogens is 294 g/mol. The highest BCUT2D eigenvalue weighted by atomic mass is 79.9. The summed E-state index contributed by atoms with van der Waals surface area (Å²) in [5.41, 5.74) is 0.990. The van der Waals surface area contributed by atoms with Gasteiger partial charge in [-0.25, -0.2) is 0 Å². The Morgan fingerprint density at radius 1 is 1.39 bits per heavy atom. The van der Waals surface area contributed by atoms with Crippen LogP contribution in [-0.4, -0.2) is 35.1 Å². The number of aliphatic hydroxyl groups is 1. The highest BCUT2D eigenvalue weighted by molar-refractivity contribution is 9.10. The number of piperidine rings is 1. The third-order valence-electron chi connectivity index (χ3n) is 3.00. The van der Waals surface area contributed by atoms with Gasteiger partial charge in [-0.3, -0.25) is 4.79 Å². The van der Waals surface area contributed by atoms with E-state index in [0.29, 0.717) is 6.54 Å². The Morgan fingerprint density at radius 2 is 2.11 bits per heavy atom. The molecule has 1 fully saturated rings. The summed E-state index contributed by atoms with van der Waals surface area (Å²) in [6, 6.07) is 7.77. The van der Waals surface area contributed by atoms with Crippen LogP contribution in [0, 0.1) is 0 Å².